The van der Waals surface area contributed by atoms with Gasteiger partial charge in [-0.3, -0.25) is 4.79 Å². The van der Waals surface area contributed by atoms with Crippen molar-refractivity contribution in [2.45, 2.75) is 51.3 Å². The van der Waals surface area contributed by atoms with E-state index in [2.05, 4.69) is 19.1 Å². The Bertz CT molecular complexity index is 707. The first-order valence-electron chi connectivity index (χ1n) is 10.3. The van der Waals surface area contributed by atoms with E-state index in [0.29, 0.717) is 39.1 Å². The van der Waals surface area contributed by atoms with Crippen molar-refractivity contribution in [3.63, 3.8) is 0 Å². The molecular weight excluding hydrogens is 372 g/mol. The van der Waals surface area contributed by atoms with E-state index in [4.69, 9.17) is 14.3 Å². The summed E-state index contributed by atoms with van der Waals surface area (Å²) in [7, 11) is 3.27. The van der Waals surface area contributed by atoms with Crippen LogP contribution < -0.4 is 0 Å². The Balaban J connectivity index is 1.95. The van der Waals surface area contributed by atoms with Crippen LogP contribution in [0.3, 0.4) is 0 Å². The fourth-order valence-corrected chi connectivity index (χ4v) is 5.04. The number of aliphatic hydroxyl groups excluding tert-OH is 1. The van der Waals surface area contributed by atoms with Crippen LogP contribution in [0.5, 0.6) is 0 Å². The highest BCUT2D eigenvalue weighted by atomic mass is 16.7. The maximum Gasteiger partial charge on any atom is 0.164 e. The molecule has 2 saturated heterocycles. The molecule has 0 aliphatic carbocycles. The van der Waals surface area contributed by atoms with Crippen LogP contribution in [0.1, 0.15) is 41.0 Å². The molecule has 2 heterocycles. The van der Waals surface area contributed by atoms with Crippen LogP contribution >= 0.6 is 0 Å². The minimum absolute atomic E-state index is 0.0890. The third-order valence-corrected chi connectivity index (χ3v) is 6.43. The van der Waals surface area contributed by atoms with Gasteiger partial charge >= 0.3 is 0 Å². The SMILES string of the molecule is COCCOCN1C(O)C(c2c(C)cc(C)cc2C)C(=O)C12CCN(OC)CC2. The van der Waals surface area contributed by atoms with Gasteiger partial charge in [-0.25, -0.2) is 4.90 Å². The number of piperidine rings is 1. The number of nitrogens with zero attached hydrogens (tertiary/aromatic N) is 2. The first-order valence-corrected chi connectivity index (χ1v) is 10.3. The summed E-state index contributed by atoms with van der Waals surface area (Å²) >= 11 is 0. The number of Topliss-reactive ketones (excluding diaryl/α,β-unsaturated/α-hetero) is 1. The smallest absolute Gasteiger partial charge is 0.164 e. The molecule has 0 amide bonds. The number of carbonyl (C=O) groups is 1. The molecule has 2 fully saturated rings. The van der Waals surface area contributed by atoms with E-state index >= 15 is 0 Å². The van der Waals surface area contributed by atoms with Gasteiger partial charge in [0.05, 0.1) is 31.8 Å². The molecule has 1 spiro atoms. The average Bonchev–Trinajstić information content (AvgIpc) is 2.87. The van der Waals surface area contributed by atoms with E-state index < -0.39 is 17.7 Å². The number of hydrogen-bond donors (Lipinski definition) is 1. The molecule has 2 aliphatic heterocycles. The Kier molecular flexibility index (Phi) is 7.09. The summed E-state index contributed by atoms with van der Waals surface area (Å²) in [5.74, 6) is -0.484. The van der Waals surface area contributed by atoms with Crippen molar-refractivity contribution < 1.29 is 24.2 Å². The van der Waals surface area contributed by atoms with E-state index in [-0.39, 0.29) is 12.5 Å². The zero-order valence-corrected chi connectivity index (χ0v) is 18.2. The summed E-state index contributed by atoms with van der Waals surface area (Å²) in [5, 5.41) is 13.2. The van der Waals surface area contributed by atoms with Gasteiger partial charge in [0.25, 0.3) is 0 Å². The maximum absolute atomic E-state index is 13.8. The van der Waals surface area contributed by atoms with E-state index in [9.17, 15) is 9.90 Å². The summed E-state index contributed by atoms with van der Waals surface area (Å²) in [6, 6.07) is 4.17. The van der Waals surface area contributed by atoms with Crippen molar-refractivity contribution in [3.8, 4) is 0 Å². The molecule has 29 heavy (non-hydrogen) atoms. The highest BCUT2D eigenvalue weighted by Gasteiger charge is 2.59. The highest BCUT2D eigenvalue weighted by molar-refractivity contribution is 5.97. The fourth-order valence-electron chi connectivity index (χ4n) is 5.04. The number of likely N-dealkylation sites (tertiary alicyclic amines) is 1. The predicted octanol–water partition coefficient (Wildman–Crippen LogP) is 1.92. The number of benzene rings is 1. The molecule has 0 bridgehead atoms. The Morgan fingerprint density at radius 2 is 1.72 bits per heavy atom. The van der Waals surface area contributed by atoms with Gasteiger partial charge in [-0.15, -0.1) is 0 Å². The quantitative estimate of drug-likeness (QED) is 0.694. The molecule has 162 valence electrons. The third kappa shape index (κ3) is 4.13. The standard InChI is InChI=1S/C22H34N2O5/c1-15-12-16(2)18(17(3)13-15)19-20(25)22(6-8-23(28-5)9-7-22)24(21(19)26)14-29-11-10-27-4/h12-13,19,21,26H,6-11,14H2,1-5H3. The van der Waals surface area contributed by atoms with Crippen molar-refractivity contribution in [1.82, 2.24) is 9.96 Å². The number of carbonyl (C=O) groups excluding carboxylic acids is 1. The Hall–Kier alpha value is -1.35. The Labute approximate surface area is 173 Å². The van der Waals surface area contributed by atoms with Crippen molar-refractivity contribution in [3.05, 3.63) is 34.4 Å². The molecule has 0 aromatic heterocycles. The van der Waals surface area contributed by atoms with Crippen LogP contribution in [0.4, 0.5) is 0 Å². The number of ketones is 1. The summed E-state index contributed by atoms with van der Waals surface area (Å²) in [5.41, 5.74) is 3.46. The van der Waals surface area contributed by atoms with Crippen molar-refractivity contribution >= 4 is 5.78 Å². The lowest BCUT2D eigenvalue weighted by molar-refractivity contribution is -0.179. The van der Waals surface area contributed by atoms with E-state index in [1.807, 2.05) is 23.8 Å². The predicted molar refractivity (Wildman–Crippen MR) is 109 cm³/mol. The van der Waals surface area contributed by atoms with Gasteiger partial charge in [0.1, 0.15) is 13.0 Å². The molecule has 1 aromatic carbocycles. The van der Waals surface area contributed by atoms with Crippen LogP contribution in [-0.2, 0) is 19.1 Å². The molecule has 1 N–H and O–H groups in total. The van der Waals surface area contributed by atoms with Gasteiger partial charge in [-0.2, -0.15) is 5.06 Å². The van der Waals surface area contributed by atoms with E-state index in [0.717, 1.165) is 22.3 Å². The van der Waals surface area contributed by atoms with Gasteiger partial charge < -0.3 is 19.4 Å². The average molecular weight is 407 g/mol. The normalized spacial score (nSPS) is 25.2. The zero-order valence-electron chi connectivity index (χ0n) is 18.2. The second-order valence-corrected chi connectivity index (χ2v) is 8.21. The molecular formula is C22H34N2O5. The largest absolute Gasteiger partial charge is 0.382 e. The van der Waals surface area contributed by atoms with Crippen LogP contribution in [-0.4, -0.2) is 79.9 Å². The van der Waals surface area contributed by atoms with Gasteiger partial charge in [-0.1, -0.05) is 17.7 Å². The number of aryl methyl sites for hydroxylation is 3. The number of aliphatic hydroxyl groups is 1. The van der Waals surface area contributed by atoms with Gasteiger partial charge in [0.15, 0.2) is 5.78 Å². The van der Waals surface area contributed by atoms with Crippen LogP contribution in [0.15, 0.2) is 12.1 Å². The lowest BCUT2D eigenvalue weighted by Gasteiger charge is -2.43. The summed E-state index contributed by atoms with van der Waals surface area (Å²) in [6.07, 6.45) is 0.287. The highest BCUT2D eigenvalue weighted by Crippen LogP contribution is 2.46. The topological polar surface area (TPSA) is 71.5 Å². The van der Waals surface area contributed by atoms with Gasteiger partial charge in [-0.05, 0) is 50.3 Å². The molecule has 1 aromatic rings. The number of hydrogen-bond acceptors (Lipinski definition) is 7. The molecule has 7 heteroatoms. The van der Waals surface area contributed by atoms with Crippen LogP contribution in [0.25, 0.3) is 0 Å². The monoisotopic (exact) mass is 406 g/mol. The van der Waals surface area contributed by atoms with Crippen LogP contribution in [0.2, 0.25) is 0 Å². The molecule has 7 nitrogen and oxygen atoms in total. The van der Waals surface area contributed by atoms with Gasteiger partial charge in [0.2, 0.25) is 0 Å². The number of rotatable bonds is 7. The lowest BCUT2D eigenvalue weighted by Crippen LogP contribution is -2.57. The number of ether oxygens (including phenoxy) is 2. The molecule has 2 atom stereocenters. The van der Waals surface area contributed by atoms with Crippen LogP contribution in [0, 0.1) is 20.8 Å². The third-order valence-electron chi connectivity index (χ3n) is 6.43. The Morgan fingerprint density at radius 3 is 2.28 bits per heavy atom. The first kappa shape index (κ1) is 22.3. The second kappa shape index (κ2) is 9.20. The van der Waals surface area contributed by atoms with E-state index in [1.54, 1.807) is 14.2 Å². The molecule has 3 rings (SSSR count). The summed E-state index contributed by atoms with van der Waals surface area (Å²) in [4.78, 5) is 21.1. The molecule has 2 unspecified atom stereocenters. The minimum atomic E-state index is -0.917. The minimum Gasteiger partial charge on any atom is -0.382 e. The van der Waals surface area contributed by atoms with Crippen molar-refractivity contribution in [2.24, 2.45) is 0 Å². The molecule has 0 saturated carbocycles. The van der Waals surface area contributed by atoms with Crippen molar-refractivity contribution in [2.75, 3.05) is 47.3 Å². The molecule has 0 radical (unpaired) electrons. The summed E-state index contributed by atoms with van der Waals surface area (Å²) in [6.45, 7) is 8.46. The second-order valence-electron chi connectivity index (χ2n) is 8.21. The van der Waals surface area contributed by atoms with Gasteiger partial charge in [0, 0.05) is 20.2 Å². The zero-order chi connectivity index (χ0) is 21.2. The summed E-state index contributed by atoms with van der Waals surface area (Å²) < 4.78 is 10.8. The number of methoxy groups -OCH3 is 1. The molecule has 2 aliphatic rings. The maximum atomic E-state index is 13.8. The fraction of sp³-hybridized carbons (Fsp3) is 0.682. The van der Waals surface area contributed by atoms with E-state index in [1.165, 1.54) is 0 Å². The Morgan fingerprint density at radius 1 is 1.10 bits per heavy atom. The first-order chi connectivity index (χ1) is 13.9. The lowest BCUT2D eigenvalue weighted by atomic mass is 9.78. The number of hydroxylamine groups is 2. The van der Waals surface area contributed by atoms with Crippen molar-refractivity contribution in [1.29, 1.82) is 0 Å².